The standard InChI is InChI=1S/C23H27BrN4O3S2/c1-23(2,3)31-22(30)26-18(14-16-5-4-12-32-16)20(29)27-8-10-28(11-9-27)21-25-17-7-6-15(24)13-19(17)33-21/h4-7,12-13,18H,8-11,14H2,1-3H3,(H,26,30). The lowest BCUT2D eigenvalue weighted by Crippen LogP contribution is -2.56. The molecule has 0 aliphatic carbocycles. The fourth-order valence-electron chi connectivity index (χ4n) is 3.64. The Balaban J connectivity index is 1.41. The third-order valence-electron chi connectivity index (χ3n) is 5.18. The van der Waals surface area contributed by atoms with Gasteiger partial charge in [0.05, 0.1) is 10.2 Å². The van der Waals surface area contributed by atoms with E-state index in [0.717, 1.165) is 24.7 Å². The number of nitrogens with one attached hydrogen (secondary N) is 1. The summed E-state index contributed by atoms with van der Waals surface area (Å²) in [6.07, 6.45) is -0.125. The summed E-state index contributed by atoms with van der Waals surface area (Å²) in [6.45, 7) is 7.98. The Morgan fingerprint density at radius 1 is 1.21 bits per heavy atom. The second kappa shape index (κ2) is 9.99. The number of ether oxygens (including phenoxy) is 1. The number of thiophene rings is 1. The molecule has 1 aliphatic rings. The number of aromatic nitrogens is 1. The Morgan fingerprint density at radius 2 is 1.97 bits per heavy atom. The van der Waals surface area contributed by atoms with Crippen LogP contribution < -0.4 is 10.2 Å². The molecule has 176 valence electrons. The summed E-state index contributed by atoms with van der Waals surface area (Å²) in [5.74, 6) is -0.0814. The lowest BCUT2D eigenvalue weighted by atomic mass is 10.1. The first-order valence-corrected chi connectivity index (χ1v) is 13.3. The number of fused-ring (bicyclic) bond motifs is 1. The quantitative estimate of drug-likeness (QED) is 0.488. The molecule has 1 unspecified atom stereocenters. The van der Waals surface area contributed by atoms with Crippen molar-refractivity contribution in [2.24, 2.45) is 0 Å². The highest BCUT2D eigenvalue weighted by Crippen LogP contribution is 2.31. The monoisotopic (exact) mass is 550 g/mol. The Hall–Kier alpha value is -2.17. The van der Waals surface area contributed by atoms with Crippen LogP contribution in [0, 0.1) is 0 Å². The molecule has 1 aliphatic heterocycles. The molecule has 0 spiro atoms. The second-order valence-electron chi connectivity index (χ2n) is 8.90. The molecule has 0 bridgehead atoms. The predicted octanol–water partition coefficient (Wildman–Crippen LogP) is 4.90. The van der Waals surface area contributed by atoms with Crippen LogP contribution in [-0.2, 0) is 16.0 Å². The molecular formula is C23H27BrN4O3S2. The van der Waals surface area contributed by atoms with Crippen LogP contribution in [0.2, 0.25) is 0 Å². The minimum atomic E-state index is -0.662. The Labute approximate surface area is 209 Å². The lowest BCUT2D eigenvalue weighted by Gasteiger charge is -2.36. The summed E-state index contributed by atoms with van der Waals surface area (Å²) in [4.78, 5) is 35.6. The second-order valence-corrected chi connectivity index (χ2v) is 11.9. The number of halogens is 1. The molecule has 1 atom stereocenters. The first kappa shape index (κ1) is 24.0. The smallest absolute Gasteiger partial charge is 0.408 e. The largest absolute Gasteiger partial charge is 0.444 e. The number of hydrogen-bond acceptors (Lipinski definition) is 7. The van der Waals surface area contributed by atoms with Gasteiger partial charge in [0, 0.05) is 41.9 Å². The number of rotatable bonds is 5. The third-order valence-corrected chi connectivity index (χ3v) is 7.65. The van der Waals surface area contributed by atoms with E-state index in [1.54, 1.807) is 22.7 Å². The zero-order valence-corrected chi connectivity index (χ0v) is 22.1. The molecule has 7 nitrogen and oxygen atoms in total. The summed E-state index contributed by atoms with van der Waals surface area (Å²) >= 11 is 6.75. The number of carbonyl (C=O) groups is 2. The van der Waals surface area contributed by atoms with Crippen LogP contribution in [0.5, 0.6) is 0 Å². The molecular weight excluding hydrogens is 524 g/mol. The van der Waals surface area contributed by atoms with Crippen LogP contribution in [0.15, 0.2) is 40.2 Å². The van der Waals surface area contributed by atoms with Gasteiger partial charge in [0.15, 0.2) is 5.13 Å². The number of carbonyl (C=O) groups excluding carboxylic acids is 2. The molecule has 3 aromatic rings. The maximum absolute atomic E-state index is 13.4. The summed E-state index contributed by atoms with van der Waals surface area (Å²) in [5, 5.41) is 5.74. The van der Waals surface area contributed by atoms with Crippen LogP contribution in [-0.4, -0.2) is 59.7 Å². The summed E-state index contributed by atoms with van der Waals surface area (Å²) in [7, 11) is 0. The fourth-order valence-corrected chi connectivity index (χ4v) is 5.96. The number of nitrogens with zero attached hydrogens (tertiary/aromatic N) is 3. The molecule has 1 saturated heterocycles. The molecule has 0 radical (unpaired) electrons. The molecule has 3 heterocycles. The van der Waals surface area contributed by atoms with Gasteiger partial charge in [-0.3, -0.25) is 4.79 Å². The molecule has 0 saturated carbocycles. The van der Waals surface area contributed by atoms with Gasteiger partial charge in [0.2, 0.25) is 5.91 Å². The van der Waals surface area contributed by atoms with Gasteiger partial charge in [-0.1, -0.05) is 33.3 Å². The van der Waals surface area contributed by atoms with Crippen LogP contribution in [0.25, 0.3) is 10.2 Å². The zero-order chi connectivity index (χ0) is 23.6. The maximum atomic E-state index is 13.4. The van der Waals surface area contributed by atoms with E-state index < -0.39 is 17.7 Å². The van der Waals surface area contributed by atoms with E-state index in [1.807, 2.05) is 55.3 Å². The van der Waals surface area contributed by atoms with Gasteiger partial charge in [-0.05, 0) is 50.4 Å². The van der Waals surface area contributed by atoms with Crippen LogP contribution in [0.4, 0.5) is 9.93 Å². The Bertz CT molecular complexity index is 1120. The van der Waals surface area contributed by atoms with Crippen molar-refractivity contribution in [3.8, 4) is 0 Å². The molecule has 1 fully saturated rings. The number of amides is 2. The maximum Gasteiger partial charge on any atom is 0.408 e. The van der Waals surface area contributed by atoms with Gasteiger partial charge in [-0.15, -0.1) is 11.3 Å². The molecule has 2 amide bonds. The molecule has 10 heteroatoms. The van der Waals surface area contributed by atoms with Crippen molar-refractivity contribution >= 4 is 66.0 Å². The van der Waals surface area contributed by atoms with Gasteiger partial charge in [-0.2, -0.15) is 0 Å². The fraction of sp³-hybridized carbons (Fsp3) is 0.435. The van der Waals surface area contributed by atoms with E-state index in [2.05, 4.69) is 32.2 Å². The van der Waals surface area contributed by atoms with Crippen LogP contribution >= 0.6 is 38.6 Å². The average molecular weight is 552 g/mol. The van der Waals surface area contributed by atoms with E-state index >= 15 is 0 Å². The van der Waals surface area contributed by atoms with Crippen molar-refractivity contribution in [1.29, 1.82) is 0 Å². The van der Waals surface area contributed by atoms with Crippen molar-refractivity contribution < 1.29 is 14.3 Å². The van der Waals surface area contributed by atoms with Crippen molar-refractivity contribution in [3.63, 3.8) is 0 Å². The molecule has 1 N–H and O–H groups in total. The SMILES string of the molecule is CC(C)(C)OC(=O)NC(Cc1cccs1)C(=O)N1CCN(c2nc3ccc(Br)cc3s2)CC1. The highest BCUT2D eigenvalue weighted by Gasteiger charge is 2.31. The molecule has 2 aromatic heterocycles. The number of alkyl carbamates (subject to hydrolysis) is 1. The molecule has 33 heavy (non-hydrogen) atoms. The topological polar surface area (TPSA) is 74.8 Å². The minimum Gasteiger partial charge on any atom is -0.444 e. The Kier molecular flexibility index (Phi) is 7.25. The van der Waals surface area contributed by atoms with Crippen LogP contribution in [0.1, 0.15) is 25.6 Å². The normalized spacial score (nSPS) is 15.5. The number of benzene rings is 1. The van der Waals surface area contributed by atoms with Gasteiger partial charge in [0.1, 0.15) is 11.6 Å². The van der Waals surface area contributed by atoms with Gasteiger partial charge < -0.3 is 19.9 Å². The van der Waals surface area contributed by atoms with E-state index in [4.69, 9.17) is 9.72 Å². The van der Waals surface area contributed by atoms with Gasteiger partial charge >= 0.3 is 6.09 Å². The van der Waals surface area contributed by atoms with Gasteiger partial charge in [-0.25, -0.2) is 9.78 Å². The van der Waals surface area contributed by atoms with Crippen molar-refractivity contribution in [2.75, 3.05) is 31.1 Å². The first-order valence-electron chi connectivity index (χ1n) is 10.8. The van der Waals surface area contributed by atoms with Gasteiger partial charge in [0.25, 0.3) is 0 Å². The Morgan fingerprint density at radius 3 is 2.64 bits per heavy atom. The van der Waals surface area contributed by atoms with Crippen LogP contribution in [0.3, 0.4) is 0 Å². The highest BCUT2D eigenvalue weighted by molar-refractivity contribution is 9.10. The molecule has 1 aromatic carbocycles. The summed E-state index contributed by atoms with van der Waals surface area (Å²) in [5.41, 5.74) is 0.355. The lowest BCUT2D eigenvalue weighted by molar-refractivity contribution is -0.133. The third kappa shape index (κ3) is 6.24. The van der Waals surface area contributed by atoms with Crippen molar-refractivity contribution in [2.45, 2.75) is 38.8 Å². The zero-order valence-electron chi connectivity index (χ0n) is 18.8. The number of thiazole rings is 1. The number of hydrogen-bond donors (Lipinski definition) is 1. The highest BCUT2D eigenvalue weighted by atomic mass is 79.9. The van der Waals surface area contributed by atoms with E-state index in [9.17, 15) is 9.59 Å². The van der Waals surface area contributed by atoms with E-state index in [1.165, 1.54) is 0 Å². The van der Waals surface area contributed by atoms with Crippen molar-refractivity contribution in [3.05, 3.63) is 45.1 Å². The predicted molar refractivity (Wildman–Crippen MR) is 137 cm³/mol. The first-order chi connectivity index (χ1) is 15.7. The summed E-state index contributed by atoms with van der Waals surface area (Å²) < 4.78 is 7.57. The van der Waals surface area contributed by atoms with E-state index in [-0.39, 0.29) is 5.91 Å². The average Bonchev–Trinajstić information content (AvgIpc) is 3.41. The summed E-state index contributed by atoms with van der Waals surface area (Å²) in [6, 6.07) is 9.35. The molecule has 4 rings (SSSR count). The van der Waals surface area contributed by atoms with Crippen molar-refractivity contribution in [1.82, 2.24) is 15.2 Å². The minimum absolute atomic E-state index is 0.0814. The van der Waals surface area contributed by atoms with E-state index in [0.29, 0.717) is 32.6 Å². The number of anilines is 1. The number of piperazine rings is 1.